The van der Waals surface area contributed by atoms with Crippen molar-refractivity contribution in [2.75, 3.05) is 0 Å². The number of carbonyl (C=O) groups is 1. The molecular weight excluding hydrogens is 243 g/mol. The van der Waals surface area contributed by atoms with Gasteiger partial charge in [-0.3, -0.25) is 4.79 Å². The van der Waals surface area contributed by atoms with E-state index in [4.69, 9.17) is 5.73 Å². The summed E-state index contributed by atoms with van der Waals surface area (Å²) in [5, 5.41) is 2.88. The quantitative estimate of drug-likeness (QED) is 0.880. The Balaban J connectivity index is 2.83. The van der Waals surface area contributed by atoms with Crippen LogP contribution in [0.2, 0.25) is 0 Å². The summed E-state index contributed by atoms with van der Waals surface area (Å²) in [6.07, 6.45) is 0. The zero-order valence-corrected chi connectivity index (χ0v) is 12.3. The lowest BCUT2D eigenvalue weighted by molar-refractivity contribution is -0.132. The molecule has 0 bridgehead atoms. The highest BCUT2D eigenvalue weighted by Crippen LogP contribution is 2.29. The Bertz CT molecular complexity index is 463. The van der Waals surface area contributed by atoms with E-state index in [9.17, 15) is 9.18 Å². The Morgan fingerprint density at radius 2 is 1.89 bits per heavy atom. The van der Waals surface area contributed by atoms with Gasteiger partial charge < -0.3 is 11.1 Å². The van der Waals surface area contributed by atoms with Gasteiger partial charge in [0.2, 0.25) is 5.91 Å². The predicted molar refractivity (Wildman–Crippen MR) is 75.0 cm³/mol. The highest BCUT2D eigenvalue weighted by molar-refractivity contribution is 5.83. The van der Waals surface area contributed by atoms with Gasteiger partial charge in [0.25, 0.3) is 0 Å². The molecule has 0 heterocycles. The average Bonchev–Trinajstić information content (AvgIpc) is 2.27. The maximum Gasteiger partial charge on any atom is 0.227 e. The van der Waals surface area contributed by atoms with Gasteiger partial charge in [-0.05, 0) is 52.3 Å². The van der Waals surface area contributed by atoms with E-state index in [1.807, 2.05) is 20.8 Å². The van der Waals surface area contributed by atoms with Crippen LogP contribution < -0.4 is 11.1 Å². The van der Waals surface area contributed by atoms with Crippen LogP contribution >= 0.6 is 0 Å². The van der Waals surface area contributed by atoms with E-state index in [-0.39, 0.29) is 17.8 Å². The summed E-state index contributed by atoms with van der Waals surface area (Å²) in [6.45, 7) is 9.08. The number of rotatable bonds is 4. The van der Waals surface area contributed by atoms with Crippen molar-refractivity contribution in [3.63, 3.8) is 0 Å². The van der Waals surface area contributed by atoms with Gasteiger partial charge in [0.05, 0.1) is 11.5 Å². The molecule has 0 saturated heterocycles. The number of benzene rings is 1. The van der Waals surface area contributed by atoms with Crippen molar-refractivity contribution in [3.8, 4) is 0 Å². The molecule has 0 saturated carbocycles. The van der Waals surface area contributed by atoms with E-state index < -0.39 is 11.0 Å². The highest BCUT2D eigenvalue weighted by Gasteiger charge is 2.40. The molecule has 0 fully saturated rings. The monoisotopic (exact) mass is 266 g/mol. The molecule has 1 aromatic carbocycles. The van der Waals surface area contributed by atoms with Crippen molar-refractivity contribution >= 4 is 5.91 Å². The van der Waals surface area contributed by atoms with E-state index >= 15 is 0 Å². The first-order valence-electron chi connectivity index (χ1n) is 6.41. The summed E-state index contributed by atoms with van der Waals surface area (Å²) in [6, 6.07) is 5.96. The highest BCUT2D eigenvalue weighted by atomic mass is 19.1. The third-order valence-corrected chi connectivity index (χ3v) is 3.87. The lowest BCUT2D eigenvalue weighted by Crippen LogP contribution is -2.55. The number of hydrogen-bond acceptors (Lipinski definition) is 2. The first-order valence-corrected chi connectivity index (χ1v) is 6.41. The fraction of sp³-hybridized carbons (Fsp3) is 0.533. The van der Waals surface area contributed by atoms with Crippen LogP contribution in [-0.2, 0) is 4.79 Å². The molecule has 0 spiro atoms. The molecule has 0 aliphatic rings. The molecule has 1 atom stereocenters. The second-order valence-electron chi connectivity index (χ2n) is 6.10. The van der Waals surface area contributed by atoms with Crippen molar-refractivity contribution in [2.45, 2.75) is 46.2 Å². The summed E-state index contributed by atoms with van der Waals surface area (Å²) in [5.74, 6) is -0.450. The first kappa shape index (κ1) is 15.6. The van der Waals surface area contributed by atoms with Crippen molar-refractivity contribution < 1.29 is 9.18 Å². The summed E-state index contributed by atoms with van der Waals surface area (Å²) in [4.78, 5) is 12.3. The minimum atomic E-state index is -0.714. The third-order valence-electron chi connectivity index (χ3n) is 3.87. The Morgan fingerprint density at radius 3 is 2.37 bits per heavy atom. The molecular formula is C15H23FN2O. The fourth-order valence-electron chi connectivity index (χ4n) is 1.53. The molecule has 1 aromatic rings. The number of halogens is 1. The number of nitrogens with one attached hydrogen (secondary N) is 1. The molecule has 3 N–H and O–H groups in total. The fourth-order valence-corrected chi connectivity index (χ4v) is 1.53. The van der Waals surface area contributed by atoms with Crippen molar-refractivity contribution in [1.82, 2.24) is 5.32 Å². The molecule has 1 rings (SSSR count). The lowest BCUT2D eigenvalue weighted by Gasteiger charge is -2.37. The summed E-state index contributed by atoms with van der Waals surface area (Å²) in [5.41, 5.74) is 5.41. The van der Waals surface area contributed by atoms with Crippen LogP contribution in [0.15, 0.2) is 24.3 Å². The molecule has 19 heavy (non-hydrogen) atoms. The number of nitrogens with two attached hydrogens (primary N) is 1. The van der Waals surface area contributed by atoms with Gasteiger partial charge in [0.15, 0.2) is 0 Å². The third kappa shape index (κ3) is 3.53. The SMILES string of the molecule is CC(NC(=O)C(C)(C)C(C)(C)N)c1cccc(F)c1. The molecule has 1 unspecified atom stereocenters. The van der Waals surface area contributed by atoms with Crippen molar-refractivity contribution in [1.29, 1.82) is 0 Å². The zero-order valence-electron chi connectivity index (χ0n) is 12.3. The second-order valence-corrected chi connectivity index (χ2v) is 6.10. The van der Waals surface area contributed by atoms with E-state index in [2.05, 4.69) is 5.32 Å². The van der Waals surface area contributed by atoms with Crippen LogP contribution in [-0.4, -0.2) is 11.4 Å². The second kappa shape index (κ2) is 5.29. The molecule has 0 aromatic heterocycles. The Labute approximate surface area is 114 Å². The molecule has 0 aliphatic heterocycles. The molecule has 4 heteroatoms. The predicted octanol–water partition coefficient (Wildman–Crippen LogP) is 2.77. The zero-order chi connectivity index (χ0) is 14.8. The van der Waals surface area contributed by atoms with E-state index in [0.29, 0.717) is 0 Å². The standard InChI is InChI=1S/C15H23FN2O/c1-10(11-7-6-8-12(16)9-11)18-13(19)14(2,3)15(4,5)17/h6-10H,17H2,1-5H3,(H,18,19). The molecule has 3 nitrogen and oxygen atoms in total. The lowest BCUT2D eigenvalue weighted by atomic mass is 9.74. The normalized spacial score (nSPS) is 14.1. The number of amides is 1. The Kier molecular flexibility index (Phi) is 4.35. The number of hydrogen-bond donors (Lipinski definition) is 2. The number of carbonyl (C=O) groups excluding carboxylic acids is 1. The van der Waals surface area contributed by atoms with Crippen LogP contribution in [0.5, 0.6) is 0 Å². The van der Waals surface area contributed by atoms with Gasteiger partial charge in [0.1, 0.15) is 5.82 Å². The summed E-state index contributed by atoms with van der Waals surface area (Å²) in [7, 11) is 0. The molecule has 0 aliphatic carbocycles. The topological polar surface area (TPSA) is 55.1 Å². The van der Waals surface area contributed by atoms with E-state index in [1.54, 1.807) is 26.0 Å². The Hall–Kier alpha value is -1.42. The van der Waals surface area contributed by atoms with Crippen molar-refractivity contribution in [2.24, 2.45) is 11.1 Å². The van der Waals surface area contributed by atoms with Gasteiger partial charge in [0, 0.05) is 5.54 Å². The first-order chi connectivity index (χ1) is 8.55. The maximum absolute atomic E-state index is 13.2. The van der Waals surface area contributed by atoms with Crippen molar-refractivity contribution in [3.05, 3.63) is 35.6 Å². The van der Waals surface area contributed by atoms with E-state index in [1.165, 1.54) is 12.1 Å². The molecule has 1 amide bonds. The van der Waals surface area contributed by atoms with Crippen LogP contribution in [0.3, 0.4) is 0 Å². The van der Waals surface area contributed by atoms with Gasteiger partial charge in [-0.15, -0.1) is 0 Å². The van der Waals surface area contributed by atoms with Gasteiger partial charge in [-0.1, -0.05) is 12.1 Å². The van der Waals surface area contributed by atoms with Gasteiger partial charge in [-0.25, -0.2) is 4.39 Å². The maximum atomic E-state index is 13.2. The smallest absolute Gasteiger partial charge is 0.227 e. The van der Waals surface area contributed by atoms with Crippen LogP contribution in [0.1, 0.15) is 46.2 Å². The average molecular weight is 266 g/mol. The Morgan fingerprint density at radius 1 is 1.32 bits per heavy atom. The van der Waals surface area contributed by atoms with Gasteiger partial charge >= 0.3 is 0 Å². The van der Waals surface area contributed by atoms with Crippen LogP contribution in [0.25, 0.3) is 0 Å². The largest absolute Gasteiger partial charge is 0.349 e. The summed E-state index contributed by atoms with van der Waals surface area (Å²) >= 11 is 0. The minimum Gasteiger partial charge on any atom is -0.349 e. The van der Waals surface area contributed by atoms with Crippen LogP contribution in [0, 0.1) is 11.2 Å². The van der Waals surface area contributed by atoms with Crippen LogP contribution in [0.4, 0.5) is 4.39 Å². The molecule has 0 radical (unpaired) electrons. The minimum absolute atomic E-state index is 0.142. The molecule has 106 valence electrons. The van der Waals surface area contributed by atoms with Gasteiger partial charge in [-0.2, -0.15) is 0 Å². The summed E-state index contributed by atoms with van der Waals surface area (Å²) < 4.78 is 13.2. The van der Waals surface area contributed by atoms with E-state index in [0.717, 1.165) is 5.56 Å².